The number of nitrogens with one attached hydrogen (secondary N) is 1. The van der Waals surface area contributed by atoms with Crippen molar-refractivity contribution < 1.29 is 4.39 Å². The van der Waals surface area contributed by atoms with E-state index in [9.17, 15) is 9.18 Å². The van der Waals surface area contributed by atoms with Gasteiger partial charge in [0.05, 0.1) is 11.3 Å². The number of hydrogen-bond donors (Lipinski definition) is 1. The smallest absolute Gasteiger partial charge is 0.280 e. The van der Waals surface area contributed by atoms with Crippen LogP contribution < -0.4 is 5.56 Å². The first-order chi connectivity index (χ1) is 11.0. The number of pyridine rings is 1. The maximum Gasteiger partial charge on any atom is 0.280 e. The van der Waals surface area contributed by atoms with E-state index in [1.54, 1.807) is 19.2 Å². The summed E-state index contributed by atoms with van der Waals surface area (Å²) < 4.78 is 15.2. The second-order valence-corrected chi connectivity index (χ2v) is 5.78. The normalized spacial score (nSPS) is 11.3. The van der Waals surface area contributed by atoms with Gasteiger partial charge >= 0.3 is 0 Å². The van der Waals surface area contributed by atoms with Gasteiger partial charge in [0.25, 0.3) is 5.56 Å². The highest BCUT2D eigenvalue weighted by Crippen LogP contribution is 2.13. The Labute approximate surface area is 139 Å². The predicted octanol–water partition coefficient (Wildman–Crippen LogP) is 3.52. The predicted molar refractivity (Wildman–Crippen MR) is 90.3 cm³/mol. The number of aromatic nitrogens is 3. The number of H-pyrrole nitrogens is 1. The van der Waals surface area contributed by atoms with Crippen LogP contribution in [0, 0.1) is 12.7 Å². The molecule has 0 saturated heterocycles. The lowest BCUT2D eigenvalue weighted by molar-refractivity contribution is 0.627. The van der Waals surface area contributed by atoms with Crippen molar-refractivity contribution in [3.8, 4) is 5.69 Å². The van der Waals surface area contributed by atoms with E-state index in [2.05, 4.69) is 31.0 Å². The number of aliphatic imine (C=N–C) groups is 1. The first kappa shape index (κ1) is 15.4. The highest BCUT2D eigenvalue weighted by molar-refractivity contribution is 9.10. The Hall–Kier alpha value is -2.54. The van der Waals surface area contributed by atoms with Gasteiger partial charge < -0.3 is 0 Å². The van der Waals surface area contributed by atoms with Crippen LogP contribution in [0.4, 0.5) is 10.2 Å². The fraction of sp³-hybridized carbons (Fsp3) is 0.0625. The van der Waals surface area contributed by atoms with Gasteiger partial charge in [0.2, 0.25) is 0 Å². The van der Waals surface area contributed by atoms with Crippen LogP contribution in [0.1, 0.15) is 11.3 Å². The molecule has 0 spiro atoms. The van der Waals surface area contributed by atoms with Crippen molar-refractivity contribution in [3.05, 3.63) is 74.5 Å². The average Bonchev–Trinajstić information content (AvgIpc) is 2.82. The summed E-state index contributed by atoms with van der Waals surface area (Å²) in [5.41, 5.74) is 1.40. The number of aryl methyl sites for hydroxylation is 1. The minimum Gasteiger partial charge on any atom is -0.295 e. The molecule has 0 radical (unpaired) electrons. The Kier molecular flexibility index (Phi) is 4.20. The molecule has 0 bridgehead atoms. The summed E-state index contributed by atoms with van der Waals surface area (Å²) in [7, 11) is 0. The molecule has 0 aliphatic heterocycles. The number of rotatable bonds is 3. The molecule has 0 fully saturated rings. The third kappa shape index (κ3) is 3.29. The van der Waals surface area contributed by atoms with Gasteiger partial charge in [-0.25, -0.2) is 19.0 Å². The molecule has 7 heteroatoms. The topological polar surface area (TPSA) is 63.0 Å². The minimum absolute atomic E-state index is 0.255. The van der Waals surface area contributed by atoms with E-state index in [0.29, 0.717) is 22.8 Å². The van der Waals surface area contributed by atoms with E-state index < -0.39 is 0 Å². The Morgan fingerprint density at radius 3 is 2.65 bits per heavy atom. The highest BCUT2D eigenvalue weighted by Gasteiger charge is 2.10. The summed E-state index contributed by atoms with van der Waals surface area (Å²) in [6, 6.07) is 9.23. The molecule has 2 heterocycles. The van der Waals surface area contributed by atoms with Gasteiger partial charge in [-0.3, -0.25) is 9.89 Å². The third-order valence-corrected chi connectivity index (χ3v) is 3.71. The summed E-state index contributed by atoms with van der Waals surface area (Å²) in [5.74, 6) is 0.148. The zero-order valence-corrected chi connectivity index (χ0v) is 13.7. The lowest BCUT2D eigenvalue weighted by Crippen LogP contribution is -2.17. The molecule has 0 amide bonds. The van der Waals surface area contributed by atoms with Crippen molar-refractivity contribution in [3.63, 3.8) is 0 Å². The van der Waals surface area contributed by atoms with Crippen molar-refractivity contribution in [1.29, 1.82) is 0 Å². The van der Waals surface area contributed by atoms with Crippen molar-refractivity contribution in [2.45, 2.75) is 6.92 Å². The summed E-state index contributed by atoms with van der Waals surface area (Å²) in [6.07, 6.45) is 3.11. The van der Waals surface area contributed by atoms with Crippen LogP contribution in [0.25, 0.3) is 5.69 Å². The molecular formula is C16H12BrFN4O. The first-order valence-corrected chi connectivity index (χ1v) is 7.57. The number of hydrogen-bond acceptors (Lipinski definition) is 3. The maximum atomic E-state index is 13.0. The molecule has 116 valence electrons. The van der Waals surface area contributed by atoms with E-state index in [1.165, 1.54) is 35.2 Å². The van der Waals surface area contributed by atoms with E-state index in [1.807, 2.05) is 6.07 Å². The lowest BCUT2D eigenvalue weighted by Gasteiger charge is -2.00. The van der Waals surface area contributed by atoms with E-state index >= 15 is 0 Å². The standard InChI is InChI=1S/C16H12BrFN4O/c1-10-14(9-20-15-7-2-11(17)8-19-15)16(23)22(21-10)13-5-3-12(18)4-6-13/h2-9,21H,1H3. The van der Waals surface area contributed by atoms with Gasteiger partial charge in [-0.05, 0) is 59.3 Å². The first-order valence-electron chi connectivity index (χ1n) is 6.78. The fourth-order valence-electron chi connectivity index (χ4n) is 2.06. The highest BCUT2D eigenvalue weighted by atomic mass is 79.9. The molecule has 0 aliphatic rings. The van der Waals surface area contributed by atoms with Gasteiger partial charge in [-0.1, -0.05) is 0 Å². The zero-order valence-electron chi connectivity index (χ0n) is 12.1. The molecule has 3 aromatic rings. The van der Waals surface area contributed by atoms with Crippen LogP contribution in [-0.4, -0.2) is 21.0 Å². The van der Waals surface area contributed by atoms with Crippen LogP contribution in [0.5, 0.6) is 0 Å². The molecule has 0 atom stereocenters. The number of nitrogens with zero attached hydrogens (tertiary/aromatic N) is 3. The monoisotopic (exact) mass is 374 g/mol. The Bertz CT molecular complexity index is 911. The minimum atomic E-state index is -0.354. The summed E-state index contributed by atoms with van der Waals surface area (Å²) in [4.78, 5) is 20.8. The largest absolute Gasteiger partial charge is 0.295 e. The Balaban J connectivity index is 1.96. The van der Waals surface area contributed by atoms with Gasteiger partial charge in [0, 0.05) is 22.6 Å². The van der Waals surface area contributed by atoms with E-state index in [0.717, 1.165) is 4.47 Å². The summed E-state index contributed by atoms with van der Waals surface area (Å²) in [6.45, 7) is 1.78. The molecule has 5 nitrogen and oxygen atoms in total. The lowest BCUT2D eigenvalue weighted by atomic mass is 10.3. The molecule has 23 heavy (non-hydrogen) atoms. The molecule has 0 saturated carbocycles. The van der Waals surface area contributed by atoms with Crippen molar-refractivity contribution in [1.82, 2.24) is 14.8 Å². The molecule has 0 aliphatic carbocycles. The van der Waals surface area contributed by atoms with Gasteiger partial charge in [-0.15, -0.1) is 0 Å². The number of aromatic amines is 1. The van der Waals surface area contributed by atoms with Crippen LogP contribution in [0.2, 0.25) is 0 Å². The third-order valence-electron chi connectivity index (χ3n) is 3.24. The van der Waals surface area contributed by atoms with Gasteiger partial charge in [0.1, 0.15) is 5.82 Å². The van der Waals surface area contributed by atoms with Gasteiger partial charge in [-0.2, -0.15) is 0 Å². The fourth-order valence-corrected chi connectivity index (χ4v) is 2.29. The molecule has 1 aromatic carbocycles. The average molecular weight is 375 g/mol. The van der Waals surface area contributed by atoms with Crippen LogP contribution in [0.15, 0.2) is 56.9 Å². The molecule has 1 N–H and O–H groups in total. The number of benzene rings is 1. The SMILES string of the molecule is Cc1[nH]n(-c2ccc(F)cc2)c(=O)c1C=Nc1ccc(Br)cn1. The van der Waals surface area contributed by atoms with E-state index in [-0.39, 0.29) is 11.4 Å². The van der Waals surface area contributed by atoms with Crippen molar-refractivity contribution >= 4 is 28.0 Å². The Morgan fingerprint density at radius 1 is 1.26 bits per heavy atom. The second kappa shape index (κ2) is 6.29. The quantitative estimate of drug-likeness (QED) is 0.712. The van der Waals surface area contributed by atoms with Gasteiger partial charge in [0.15, 0.2) is 5.82 Å². The molecular weight excluding hydrogens is 363 g/mol. The molecule has 0 unspecified atom stereocenters. The van der Waals surface area contributed by atoms with Crippen LogP contribution in [0.3, 0.4) is 0 Å². The van der Waals surface area contributed by atoms with Crippen LogP contribution >= 0.6 is 15.9 Å². The van der Waals surface area contributed by atoms with Crippen molar-refractivity contribution in [2.75, 3.05) is 0 Å². The van der Waals surface area contributed by atoms with Crippen LogP contribution in [-0.2, 0) is 0 Å². The zero-order chi connectivity index (χ0) is 16.4. The molecule has 3 rings (SSSR count). The maximum absolute atomic E-state index is 13.0. The summed E-state index contributed by atoms with van der Waals surface area (Å²) >= 11 is 3.30. The second-order valence-electron chi connectivity index (χ2n) is 4.86. The molecule has 2 aromatic heterocycles. The van der Waals surface area contributed by atoms with E-state index in [4.69, 9.17) is 0 Å². The van der Waals surface area contributed by atoms with Crippen molar-refractivity contribution in [2.24, 2.45) is 4.99 Å². The Morgan fingerprint density at radius 2 is 2.00 bits per heavy atom. The summed E-state index contributed by atoms with van der Waals surface area (Å²) in [5, 5.41) is 2.96. The number of halogens is 2.